The number of nitrogens with two attached hydrogens (primary N) is 1. The quantitative estimate of drug-likeness (QED) is 0.125. The fourth-order valence-electron chi connectivity index (χ4n) is 4.94. The summed E-state index contributed by atoms with van der Waals surface area (Å²) in [6, 6.07) is 20.9. The molecule has 0 aromatic heterocycles. The van der Waals surface area contributed by atoms with Crippen LogP contribution in [0.5, 0.6) is 0 Å². The SMILES string of the molecule is CC(C)(C)NS(=O)(=O)c1ccccc1-c1ccc(N(c2cccc(/C(N)=N/O)c2)C2(C(=O)O)CCSCC2)cc1. The fourth-order valence-corrected chi connectivity index (χ4v) is 7.75. The molecule has 1 saturated heterocycles. The van der Waals surface area contributed by atoms with Crippen LogP contribution in [-0.4, -0.2) is 53.1 Å². The summed E-state index contributed by atoms with van der Waals surface area (Å²) >= 11 is 1.72. The molecular weight excluding hydrogens is 548 g/mol. The van der Waals surface area contributed by atoms with E-state index in [9.17, 15) is 23.5 Å². The number of carbonyl (C=O) groups is 1. The van der Waals surface area contributed by atoms with E-state index >= 15 is 0 Å². The second kappa shape index (κ2) is 11.5. The maximum absolute atomic E-state index is 13.2. The first-order chi connectivity index (χ1) is 18.9. The zero-order valence-electron chi connectivity index (χ0n) is 22.7. The predicted octanol–water partition coefficient (Wildman–Crippen LogP) is 5.01. The van der Waals surface area contributed by atoms with Gasteiger partial charge in [-0.25, -0.2) is 17.9 Å². The highest BCUT2D eigenvalue weighted by molar-refractivity contribution is 7.99. The van der Waals surface area contributed by atoms with Crippen LogP contribution in [0.4, 0.5) is 11.4 Å². The fraction of sp³-hybridized carbons (Fsp3) is 0.310. The van der Waals surface area contributed by atoms with Crippen LogP contribution in [0, 0.1) is 0 Å². The Morgan fingerprint density at radius 2 is 1.65 bits per heavy atom. The molecule has 0 radical (unpaired) electrons. The maximum atomic E-state index is 13.2. The highest BCUT2D eigenvalue weighted by Crippen LogP contribution is 2.42. The number of oxime groups is 1. The number of benzene rings is 3. The van der Waals surface area contributed by atoms with E-state index in [0.717, 1.165) is 0 Å². The lowest BCUT2D eigenvalue weighted by Crippen LogP contribution is -2.55. The number of hydrogen-bond acceptors (Lipinski definition) is 7. The zero-order valence-corrected chi connectivity index (χ0v) is 24.3. The van der Waals surface area contributed by atoms with Crippen LogP contribution < -0.4 is 15.4 Å². The molecule has 1 fully saturated rings. The summed E-state index contributed by atoms with van der Waals surface area (Å²) in [6.07, 6.45) is 0.838. The molecule has 0 saturated carbocycles. The summed E-state index contributed by atoms with van der Waals surface area (Å²) in [4.78, 5) is 14.8. The van der Waals surface area contributed by atoms with Crippen molar-refractivity contribution in [1.82, 2.24) is 4.72 Å². The highest BCUT2D eigenvalue weighted by atomic mass is 32.2. The predicted molar refractivity (Wildman–Crippen MR) is 160 cm³/mol. The Bertz CT molecular complexity index is 1510. The molecule has 0 amide bonds. The second-order valence-corrected chi connectivity index (χ2v) is 13.6. The smallest absolute Gasteiger partial charge is 0.329 e. The van der Waals surface area contributed by atoms with Crippen LogP contribution in [0.25, 0.3) is 11.1 Å². The molecule has 11 heteroatoms. The number of nitrogens with zero attached hydrogens (tertiary/aromatic N) is 2. The first-order valence-corrected chi connectivity index (χ1v) is 15.4. The Kier molecular flexibility index (Phi) is 8.48. The number of sulfonamides is 1. The Balaban J connectivity index is 1.84. The number of aliphatic carboxylic acids is 1. The van der Waals surface area contributed by atoms with Crippen molar-refractivity contribution in [3.8, 4) is 11.1 Å². The number of amidine groups is 1. The summed E-state index contributed by atoms with van der Waals surface area (Å²) in [5.41, 5.74) is 6.86. The number of hydrogen-bond donors (Lipinski definition) is 4. The zero-order chi connectivity index (χ0) is 29.1. The van der Waals surface area contributed by atoms with Crippen LogP contribution in [0.1, 0.15) is 39.2 Å². The third-order valence-electron chi connectivity index (χ3n) is 6.71. The molecule has 1 aliphatic rings. The van der Waals surface area contributed by atoms with Crippen molar-refractivity contribution in [3.05, 3.63) is 78.4 Å². The van der Waals surface area contributed by atoms with Gasteiger partial charge in [-0.2, -0.15) is 11.8 Å². The van der Waals surface area contributed by atoms with Crippen molar-refractivity contribution >= 4 is 45.0 Å². The number of nitrogens with one attached hydrogen (secondary N) is 1. The number of carboxylic acids is 1. The molecule has 3 aromatic carbocycles. The van der Waals surface area contributed by atoms with E-state index < -0.39 is 27.1 Å². The van der Waals surface area contributed by atoms with Crippen molar-refractivity contribution in [2.24, 2.45) is 10.9 Å². The van der Waals surface area contributed by atoms with Gasteiger partial charge in [0, 0.05) is 28.0 Å². The molecule has 3 aromatic rings. The minimum Gasteiger partial charge on any atom is -0.479 e. The van der Waals surface area contributed by atoms with Crippen LogP contribution in [0.3, 0.4) is 0 Å². The molecule has 9 nitrogen and oxygen atoms in total. The molecule has 0 bridgehead atoms. The largest absolute Gasteiger partial charge is 0.479 e. The van der Waals surface area contributed by atoms with Crippen LogP contribution >= 0.6 is 11.8 Å². The monoisotopic (exact) mass is 582 g/mol. The van der Waals surface area contributed by atoms with Gasteiger partial charge in [0.05, 0.1) is 4.90 Å². The van der Waals surface area contributed by atoms with E-state index in [1.54, 1.807) is 110 Å². The number of carboxylic acid groups (broad SMARTS) is 1. The van der Waals surface area contributed by atoms with Gasteiger partial charge >= 0.3 is 5.97 Å². The lowest BCUT2D eigenvalue weighted by molar-refractivity contribution is -0.143. The average molecular weight is 583 g/mol. The molecular formula is C29H34N4O5S2. The van der Waals surface area contributed by atoms with E-state index in [4.69, 9.17) is 5.73 Å². The highest BCUT2D eigenvalue weighted by Gasteiger charge is 2.46. The Morgan fingerprint density at radius 3 is 2.25 bits per heavy atom. The standard InChI is InChI=1S/C29H34N4O5S2/c1-28(2,3)32-40(37,38)25-10-5-4-9-24(25)20-11-13-22(14-12-20)33(29(27(34)35)15-17-39-18-16-29)23-8-6-7-21(19-23)26(30)31-36/h4-14,19,32,36H,15-18H2,1-3H3,(H2,30,31)(H,34,35). The number of thioether (sulfide) groups is 1. The summed E-state index contributed by atoms with van der Waals surface area (Å²) in [5, 5.41) is 22.8. The molecule has 4 rings (SSSR count). The summed E-state index contributed by atoms with van der Waals surface area (Å²) in [7, 11) is -3.80. The van der Waals surface area contributed by atoms with Crippen LogP contribution in [0.2, 0.25) is 0 Å². The molecule has 1 heterocycles. The van der Waals surface area contributed by atoms with E-state index in [1.807, 2.05) is 0 Å². The van der Waals surface area contributed by atoms with Gasteiger partial charge in [0.1, 0.15) is 5.54 Å². The average Bonchev–Trinajstić information content (AvgIpc) is 2.92. The molecule has 40 heavy (non-hydrogen) atoms. The Hall–Kier alpha value is -3.54. The van der Waals surface area contributed by atoms with Gasteiger partial charge in [-0.1, -0.05) is 47.6 Å². The first-order valence-electron chi connectivity index (χ1n) is 12.8. The topological polar surface area (TPSA) is 145 Å². The van der Waals surface area contributed by atoms with Crippen LogP contribution in [-0.2, 0) is 14.8 Å². The number of rotatable bonds is 8. The van der Waals surface area contributed by atoms with Gasteiger partial charge in [-0.3, -0.25) is 0 Å². The Labute approximate surface area is 239 Å². The molecule has 0 atom stereocenters. The van der Waals surface area contributed by atoms with Gasteiger partial charge in [-0.05, 0) is 81.0 Å². The summed E-state index contributed by atoms with van der Waals surface area (Å²) < 4.78 is 29.1. The molecule has 0 spiro atoms. The molecule has 0 unspecified atom stereocenters. The Morgan fingerprint density at radius 1 is 1.00 bits per heavy atom. The van der Waals surface area contributed by atoms with Gasteiger partial charge in [0.25, 0.3) is 0 Å². The van der Waals surface area contributed by atoms with E-state index in [2.05, 4.69) is 9.88 Å². The molecule has 212 valence electrons. The van der Waals surface area contributed by atoms with Gasteiger partial charge in [0.15, 0.2) is 5.84 Å². The van der Waals surface area contributed by atoms with Crippen molar-refractivity contribution in [2.75, 3.05) is 16.4 Å². The van der Waals surface area contributed by atoms with E-state index in [0.29, 0.717) is 52.4 Å². The van der Waals surface area contributed by atoms with Gasteiger partial charge < -0.3 is 20.9 Å². The lowest BCUT2D eigenvalue weighted by atomic mass is 9.88. The van der Waals surface area contributed by atoms with Crippen LogP contribution in [0.15, 0.2) is 82.8 Å². The van der Waals surface area contributed by atoms with Crippen molar-refractivity contribution in [1.29, 1.82) is 0 Å². The van der Waals surface area contributed by atoms with Gasteiger partial charge in [-0.15, -0.1) is 0 Å². The summed E-state index contributed by atoms with van der Waals surface area (Å²) in [5.74, 6) is 0.359. The van der Waals surface area contributed by atoms with Crippen molar-refractivity contribution < 1.29 is 23.5 Å². The first kappa shape index (κ1) is 29.4. The molecule has 1 aliphatic heterocycles. The second-order valence-electron chi connectivity index (χ2n) is 10.7. The minimum atomic E-state index is -3.80. The number of anilines is 2. The van der Waals surface area contributed by atoms with E-state index in [-0.39, 0.29) is 10.7 Å². The molecule has 5 N–H and O–H groups in total. The maximum Gasteiger partial charge on any atom is 0.329 e. The lowest BCUT2D eigenvalue weighted by Gasteiger charge is -2.44. The normalized spacial score (nSPS) is 15.9. The third kappa shape index (κ3) is 6.11. The third-order valence-corrected chi connectivity index (χ3v) is 9.51. The summed E-state index contributed by atoms with van der Waals surface area (Å²) in [6.45, 7) is 5.36. The van der Waals surface area contributed by atoms with Crippen molar-refractivity contribution in [3.63, 3.8) is 0 Å². The van der Waals surface area contributed by atoms with E-state index in [1.165, 1.54) is 0 Å². The van der Waals surface area contributed by atoms with Crippen molar-refractivity contribution in [2.45, 2.75) is 49.6 Å². The minimum absolute atomic E-state index is 0.0811. The molecule has 0 aliphatic carbocycles. The van der Waals surface area contributed by atoms with Gasteiger partial charge in [0.2, 0.25) is 10.0 Å².